The van der Waals surface area contributed by atoms with Crippen LogP contribution in [0.3, 0.4) is 0 Å². The predicted octanol–water partition coefficient (Wildman–Crippen LogP) is 3.07. The predicted molar refractivity (Wildman–Crippen MR) is 98.5 cm³/mol. The topological polar surface area (TPSA) is 59.0 Å². The van der Waals surface area contributed by atoms with Gasteiger partial charge in [0.1, 0.15) is 5.82 Å². The van der Waals surface area contributed by atoms with E-state index in [9.17, 15) is 4.79 Å². The van der Waals surface area contributed by atoms with Gasteiger partial charge in [0, 0.05) is 12.5 Å². The first kappa shape index (κ1) is 18.5. The number of amides is 1. The number of halogens is 1. The molecule has 1 fully saturated rings. The molecule has 2 N–H and O–H groups in total. The fraction of sp³-hybridized carbons (Fsp3) is 0.444. The molecule has 130 valence electrons. The molecule has 6 heteroatoms. The summed E-state index contributed by atoms with van der Waals surface area (Å²) in [5.41, 5.74) is 1.17. The molecule has 0 spiro atoms. The van der Waals surface area contributed by atoms with Crippen LogP contribution in [0.15, 0.2) is 42.6 Å². The maximum Gasteiger partial charge on any atom is 0.225 e. The van der Waals surface area contributed by atoms with Crippen molar-refractivity contribution < 1.29 is 4.79 Å². The smallest absolute Gasteiger partial charge is 0.225 e. The number of piperidine rings is 1. The van der Waals surface area contributed by atoms with E-state index in [2.05, 4.69) is 27.9 Å². The minimum atomic E-state index is 0. The Hall–Kier alpha value is -1.85. The molecule has 0 aliphatic carbocycles. The van der Waals surface area contributed by atoms with Crippen LogP contribution in [0.5, 0.6) is 0 Å². The van der Waals surface area contributed by atoms with Crippen LogP contribution in [-0.2, 0) is 11.3 Å². The zero-order valence-electron chi connectivity index (χ0n) is 13.8. The molecule has 1 aliphatic rings. The highest BCUT2D eigenvalue weighted by atomic mass is 35.5. The lowest BCUT2D eigenvalue weighted by molar-refractivity contribution is -0.116. The number of nitrogens with zero attached hydrogens (tertiary/aromatic N) is 2. The molecule has 3 rings (SSSR count). The summed E-state index contributed by atoms with van der Waals surface area (Å²) in [7, 11) is 0. The van der Waals surface area contributed by atoms with Crippen LogP contribution < -0.4 is 10.6 Å². The number of carbonyl (C=O) groups excluding carboxylic acids is 1. The summed E-state index contributed by atoms with van der Waals surface area (Å²) in [6.07, 6.45) is 5.64. The van der Waals surface area contributed by atoms with Crippen LogP contribution in [0.2, 0.25) is 0 Å². The molecule has 0 radical (unpaired) electrons. The van der Waals surface area contributed by atoms with Crippen molar-refractivity contribution in [2.75, 3.05) is 18.4 Å². The summed E-state index contributed by atoms with van der Waals surface area (Å²) in [4.78, 5) is 12.2. The van der Waals surface area contributed by atoms with Crippen LogP contribution in [0.25, 0.3) is 0 Å². The molecule has 1 amide bonds. The van der Waals surface area contributed by atoms with E-state index >= 15 is 0 Å². The van der Waals surface area contributed by atoms with E-state index in [4.69, 9.17) is 0 Å². The highest BCUT2D eigenvalue weighted by Crippen LogP contribution is 2.18. The summed E-state index contributed by atoms with van der Waals surface area (Å²) in [5.74, 6) is 1.53. The monoisotopic (exact) mass is 348 g/mol. The van der Waals surface area contributed by atoms with E-state index in [1.807, 2.05) is 28.9 Å². The van der Waals surface area contributed by atoms with Gasteiger partial charge in [-0.05, 0) is 43.8 Å². The minimum Gasteiger partial charge on any atom is -0.317 e. The summed E-state index contributed by atoms with van der Waals surface area (Å²) >= 11 is 0. The van der Waals surface area contributed by atoms with Crippen LogP contribution in [-0.4, -0.2) is 28.8 Å². The van der Waals surface area contributed by atoms with Gasteiger partial charge < -0.3 is 10.6 Å². The Kier molecular flexibility index (Phi) is 7.28. The Morgan fingerprint density at radius 2 is 1.96 bits per heavy atom. The number of rotatable bonds is 6. The van der Waals surface area contributed by atoms with E-state index in [1.54, 1.807) is 6.20 Å². The summed E-state index contributed by atoms with van der Waals surface area (Å²) in [5, 5.41) is 10.7. The average molecular weight is 349 g/mol. The van der Waals surface area contributed by atoms with E-state index in [0.29, 0.717) is 18.9 Å². The lowest BCUT2D eigenvalue weighted by atomic mass is 9.93. The molecule has 1 aromatic carbocycles. The maximum atomic E-state index is 12.2. The van der Waals surface area contributed by atoms with Crippen LogP contribution in [0.1, 0.15) is 31.2 Å². The Morgan fingerprint density at radius 1 is 1.21 bits per heavy atom. The molecular formula is C18H25ClN4O. The van der Waals surface area contributed by atoms with Gasteiger partial charge in [-0.15, -0.1) is 12.4 Å². The van der Waals surface area contributed by atoms with Crippen molar-refractivity contribution in [3.63, 3.8) is 0 Å². The molecule has 0 saturated carbocycles. The Labute approximate surface area is 149 Å². The number of anilines is 1. The molecule has 24 heavy (non-hydrogen) atoms. The van der Waals surface area contributed by atoms with Crippen molar-refractivity contribution >= 4 is 24.1 Å². The molecule has 2 heterocycles. The lowest BCUT2D eigenvalue weighted by Crippen LogP contribution is -2.28. The molecule has 1 aromatic heterocycles. The second-order valence-electron chi connectivity index (χ2n) is 6.14. The third kappa shape index (κ3) is 5.35. The first-order valence-electron chi connectivity index (χ1n) is 8.37. The van der Waals surface area contributed by atoms with Crippen molar-refractivity contribution in [2.45, 2.75) is 32.2 Å². The molecule has 2 aromatic rings. The molecular weight excluding hydrogens is 324 g/mol. The normalized spacial score (nSPS) is 14.8. The van der Waals surface area contributed by atoms with Gasteiger partial charge in [0.15, 0.2) is 0 Å². The zero-order valence-corrected chi connectivity index (χ0v) is 14.6. The van der Waals surface area contributed by atoms with Crippen LogP contribution in [0.4, 0.5) is 5.82 Å². The van der Waals surface area contributed by atoms with Gasteiger partial charge in [0.05, 0.1) is 12.7 Å². The molecule has 0 unspecified atom stereocenters. The van der Waals surface area contributed by atoms with Gasteiger partial charge in [-0.3, -0.25) is 4.79 Å². The molecule has 0 atom stereocenters. The van der Waals surface area contributed by atoms with E-state index in [-0.39, 0.29) is 18.3 Å². The molecule has 5 nitrogen and oxygen atoms in total. The summed E-state index contributed by atoms with van der Waals surface area (Å²) in [6, 6.07) is 12.0. The highest BCUT2D eigenvalue weighted by Gasteiger charge is 2.15. The second-order valence-corrected chi connectivity index (χ2v) is 6.14. The highest BCUT2D eigenvalue weighted by molar-refractivity contribution is 5.89. The van der Waals surface area contributed by atoms with Gasteiger partial charge >= 0.3 is 0 Å². The first-order chi connectivity index (χ1) is 11.3. The molecule has 1 aliphatic heterocycles. The van der Waals surface area contributed by atoms with E-state index in [0.717, 1.165) is 25.3 Å². The summed E-state index contributed by atoms with van der Waals surface area (Å²) in [6.45, 7) is 2.82. The number of carbonyl (C=O) groups is 1. The molecule has 1 saturated heterocycles. The summed E-state index contributed by atoms with van der Waals surface area (Å²) < 4.78 is 1.83. The van der Waals surface area contributed by atoms with Gasteiger partial charge in [-0.25, -0.2) is 4.68 Å². The van der Waals surface area contributed by atoms with Crippen LogP contribution >= 0.6 is 12.4 Å². The van der Waals surface area contributed by atoms with Gasteiger partial charge in [0.2, 0.25) is 5.91 Å². The van der Waals surface area contributed by atoms with Crippen LogP contribution in [0, 0.1) is 5.92 Å². The third-order valence-electron chi connectivity index (χ3n) is 4.40. The third-order valence-corrected chi connectivity index (χ3v) is 4.40. The number of benzene rings is 1. The van der Waals surface area contributed by atoms with Crippen molar-refractivity contribution in [3.8, 4) is 0 Å². The Morgan fingerprint density at radius 3 is 2.71 bits per heavy atom. The first-order valence-corrected chi connectivity index (χ1v) is 8.37. The number of hydrogen-bond acceptors (Lipinski definition) is 3. The van der Waals surface area contributed by atoms with E-state index in [1.165, 1.54) is 18.4 Å². The Bertz CT molecular complexity index is 623. The number of nitrogens with one attached hydrogen (secondary N) is 2. The second kappa shape index (κ2) is 9.45. The fourth-order valence-electron chi connectivity index (χ4n) is 3.03. The zero-order chi connectivity index (χ0) is 15.9. The lowest BCUT2D eigenvalue weighted by Gasteiger charge is -2.22. The minimum absolute atomic E-state index is 0. The number of aromatic nitrogens is 2. The average Bonchev–Trinajstić information content (AvgIpc) is 3.02. The quantitative estimate of drug-likeness (QED) is 0.843. The van der Waals surface area contributed by atoms with Gasteiger partial charge in [-0.1, -0.05) is 30.3 Å². The van der Waals surface area contributed by atoms with E-state index < -0.39 is 0 Å². The fourth-order valence-corrected chi connectivity index (χ4v) is 3.03. The van der Waals surface area contributed by atoms with Gasteiger partial charge in [-0.2, -0.15) is 5.10 Å². The largest absolute Gasteiger partial charge is 0.317 e. The SMILES string of the molecule is Cl.O=C(CCC1CCNCC1)Nc1ccnn1Cc1ccccc1. The van der Waals surface area contributed by atoms with Crippen molar-refractivity contribution in [1.82, 2.24) is 15.1 Å². The van der Waals surface area contributed by atoms with Gasteiger partial charge in [0.25, 0.3) is 0 Å². The van der Waals surface area contributed by atoms with Crippen molar-refractivity contribution in [3.05, 3.63) is 48.2 Å². The standard InChI is InChI=1S/C18H24N4O.ClH/c23-18(7-6-15-8-11-19-12-9-15)21-17-10-13-20-22(17)14-16-4-2-1-3-5-16;/h1-5,10,13,15,19H,6-9,11-12,14H2,(H,21,23);1H. The van der Waals surface area contributed by atoms with Crippen molar-refractivity contribution in [1.29, 1.82) is 0 Å². The molecule has 0 bridgehead atoms. The Balaban J connectivity index is 0.00000208. The number of hydrogen-bond donors (Lipinski definition) is 2. The maximum absolute atomic E-state index is 12.2. The van der Waals surface area contributed by atoms with Crippen molar-refractivity contribution in [2.24, 2.45) is 5.92 Å².